The lowest BCUT2D eigenvalue weighted by Gasteiger charge is -2.15. The van der Waals surface area contributed by atoms with Crippen LogP contribution in [0.2, 0.25) is 0 Å². The van der Waals surface area contributed by atoms with Crippen LogP contribution in [0.1, 0.15) is 44.8 Å². The monoisotopic (exact) mass is 307 g/mol. The molecule has 1 aromatic rings. The lowest BCUT2D eigenvalue weighted by molar-refractivity contribution is -0.122. The molecule has 2 rings (SSSR count). The summed E-state index contributed by atoms with van der Waals surface area (Å²) in [4.78, 5) is 23.6. The van der Waals surface area contributed by atoms with Crippen LogP contribution in [0.25, 0.3) is 0 Å². The summed E-state index contributed by atoms with van der Waals surface area (Å²) in [5.74, 6) is 1.19. The van der Waals surface area contributed by atoms with Gasteiger partial charge >= 0.3 is 6.03 Å². The maximum absolute atomic E-state index is 11.9. The van der Waals surface area contributed by atoms with Gasteiger partial charge in [0.1, 0.15) is 11.8 Å². The second-order valence-corrected chi connectivity index (χ2v) is 5.86. The number of hydrogen-bond acceptors (Lipinski definition) is 3. The zero-order chi connectivity index (χ0) is 15.8. The summed E-state index contributed by atoms with van der Waals surface area (Å²) in [6, 6.07) is 2.68. The van der Waals surface area contributed by atoms with E-state index in [1.807, 2.05) is 0 Å². The van der Waals surface area contributed by atoms with Crippen molar-refractivity contribution in [2.75, 3.05) is 6.54 Å². The molecule has 1 atom stereocenters. The minimum absolute atomic E-state index is 0.234. The Labute approximate surface area is 131 Å². The Bertz CT molecular complexity index is 467. The van der Waals surface area contributed by atoms with E-state index >= 15 is 0 Å². The Balaban J connectivity index is 1.59. The summed E-state index contributed by atoms with van der Waals surface area (Å²) >= 11 is 0. The molecular weight excluding hydrogens is 282 g/mol. The Morgan fingerprint density at radius 3 is 2.77 bits per heavy atom. The highest BCUT2D eigenvalue weighted by atomic mass is 16.3. The van der Waals surface area contributed by atoms with Gasteiger partial charge in [0.25, 0.3) is 0 Å². The summed E-state index contributed by atoms with van der Waals surface area (Å²) in [5.41, 5.74) is 0. The molecular formula is C16H25N3O3. The molecule has 122 valence electrons. The fraction of sp³-hybridized carbons (Fsp3) is 0.625. The van der Waals surface area contributed by atoms with Crippen LogP contribution in [0.3, 0.4) is 0 Å². The molecule has 6 heteroatoms. The van der Waals surface area contributed by atoms with Gasteiger partial charge in [-0.2, -0.15) is 0 Å². The highest BCUT2D eigenvalue weighted by Gasteiger charge is 2.17. The second-order valence-electron chi connectivity index (χ2n) is 5.86. The number of carbonyl (C=O) groups excluding carboxylic acids is 2. The first-order valence-corrected chi connectivity index (χ1v) is 7.99. The quantitative estimate of drug-likeness (QED) is 0.722. The van der Waals surface area contributed by atoms with Crippen molar-refractivity contribution in [3.05, 3.63) is 24.2 Å². The molecule has 0 aliphatic heterocycles. The van der Waals surface area contributed by atoms with E-state index in [0.29, 0.717) is 18.8 Å². The van der Waals surface area contributed by atoms with Gasteiger partial charge in [-0.3, -0.25) is 4.79 Å². The Kier molecular flexibility index (Phi) is 6.30. The van der Waals surface area contributed by atoms with Crippen LogP contribution in [-0.2, 0) is 11.3 Å². The first-order valence-electron chi connectivity index (χ1n) is 7.99. The molecule has 0 spiro atoms. The third-order valence-corrected chi connectivity index (χ3v) is 4.07. The summed E-state index contributed by atoms with van der Waals surface area (Å²) in [5, 5.41) is 8.17. The number of hydrogen-bond donors (Lipinski definition) is 3. The van der Waals surface area contributed by atoms with Crippen molar-refractivity contribution in [2.45, 2.75) is 51.6 Å². The van der Waals surface area contributed by atoms with Crippen molar-refractivity contribution >= 4 is 11.9 Å². The van der Waals surface area contributed by atoms with Crippen molar-refractivity contribution in [2.24, 2.45) is 5.92 Å². The van der Waals surface area contributed by atoms with Crippen molar-refractivity contribution in [3.63, 3.8) is 0 Å². The summed E-state index contributed by atoms with van der Waals surface area (Å²) in [7, 11) is 0. The van der Waals surface area contributed by atoms with Crippen LogP contribution in [-0.4, -0.2) is 24.5 Å². The van der Waals surface area contributed by atoms with Crippen LogP contribution in [0.4, 0.5) is 4.79 Å². The van der Waals surface area contributed by atoms with E-state index in [1.54, 1.807) is 25.3 Å². The minimum Gasteiger partial charge on any atom is -0.467 e. The standard InChI is InChI=1S/C16H25N3O3/c1-12(15(20)18-11-14-7-4-10-22-14)19-16(21)17-9-8-13-5-2-3-6-13/h4,7,10,12-13H,2-3,5-6,8-9,11H2,1H3,(H,18,20)(H2,17,19,21). The molecule has 1 aromatic heterocycles. The van der Waals surface area contributed by atoms with Gasteiger partial charge in [-0.25, -0.2) is 4.79 Å². The molecule has 1 saturated carbocycles. The first kappa shape index (κ1) is 16.4. The van der Waals surface area contributed by atoms with E-state index in [0.717, 1.165) is 12.3 Å². The topological polar surface area (TPSA) is 83.4 Å². The molecule has 0 aromatic carbocycles. The number of amides is 3. The zero-order valence-corrected chi connectivity index (χ0v) is 13.1. The van der Waals surface area contributed by atoms with Crippen molar-refractivity contribution in [3.8, 4) is 0 Å². The predicted molar refractivity (Wildman–Crippen MR) is 83.1 cm³/mol. The van der Waals surface area contributed by atoms with Gasteiger partial charge in [0.2, 0.25) is 5.91 Å². The van der Waals surface area contributed by atoms with E-state index in [4.69, 9.17) is 4.42 Å². The van der Waals surface area contributed by atoms with Crippen LogP contribution in [0.15, 0.2) is 22.8 Å². The van der Waals surface area contributed by atoms with Crippen LogP contribution in [0.5, 0.6) is 0 Å². The number of urea groups is 1. The zero-order valence-electron chi connectivity index (χ0n) is 13.1. The van der Waals surface area contributed by atoms with Gasteiger partial charge in [-0.05, 0) is 31.4 Å². The predicted octanol–water partition coefficient (Wildman–Crippen LogP) is 2.16. The highest BCUT2D eigenvalue weighted by Crippen LogP contribution is 2.26. The maximum Gasteiger partial charge on any atom is 0.315 e. The Morgan fingerprint density at radius 2 is 2.09 bits per heavy atom. The maximum atomic E-state index is 11.9. The third kappa shape index (κ3) is 5.42. The molecule has 0 bridgehead atoms. The van der Waals surface area contributed by atoms with Gasteiger partial charge in [0.15, 0.2) is 0 Å². The van der Waals surface area contributed by atoms with E-state index in [2.05, 4.69) is 16.0 Å². The summed E-state index contributed by atoms with van der Waals surface area (Å²) in [6.07, 6.45) is 7.74. The van der Waals surface area contributed by atoms with Gasteiger partial charge in [-0.15, -0.1) is 0 Å². The fourth-order valence-electron chi connectivity index (χ4n) is 2.74. The molecule has 1 fully saturated rings. The lowest BCUT2D eigenvalue weighted by Crippen LogP contribution is -2.48. The molecule has 22 heavy (non-hydrogen) atoms. The largest absolute Gasteiger partial charge is 0.467 e. The van der Waals surface area contributed by atoms with Crippen LogP contribution in [0, 0.1) is 5.92 Å². The van der Waals surface area contributed by atoms with Gasteiger partial charge < -0.3 is 20.4 Å². The van der Waals surface area contributed by atoms with Crippen molar-refractivity contribution < 1.29 is 14.0 Å². The fourth-order valence-corrected chi connectivity index (χ4v) is 2.74. The van der Waals surface area contributed by atoms with Crippen molar-refractivity contribution in [1.82, 2.24) is 16.0 Å². The molecule has 6 nitrogen and oxygen atoms in total. The molecule has 1 aliphatic carbocycles. The summed E-state index contributed by atoms with van der Waals surface area (Å²) < 4.78 is 5.13. The van der Waals surface area contributed by atoms with Gasteiger partial charge in [-0.1, -0.05) is 25.7 Å². The average molecular weight is 307 g/mol. The summed E-state index contributed by atoms with van der Waals surface area (Å²) in [6.45, 7) is 2.65. The molecule has 3 N–H and O–H groups in total. The van der Waals surface area contributed by atoms with E-state index < -0.39 is 6.04 Å². The average Bonchev–Trinajstić information content (AvgIpc) is 3.18. The SMILES string of the molecule is CC(NC(=O)NCCC1CCCC1)C(=O)NCc1ccco1. The molecule has 1 aliphatic rings. The van der Waals surface area contributed by atoms with E-state index in [-0.39, 0.29) is 11.9 Å². The third-order valence-electron chi connectivity index (χ3n) is 4.07. The van der Waals surface area contributed by atoms with E-state index in [9.17, 15) is 9.59 Å². The lowest BCUT2D eigenvalue weighted by atomic mass is 10.0. The number of rotatable bonds is 7. The van der Waals surface area contributed by atoms with Gasteiger partial charge in [0, 0.05) is 6.54 Å². The molecule has 0 saturated heterocycles. The van der Waals surface area contributed by atoms with Crippen LogP contribution < -0.4 is 16.0 Å². The Hall–Kier alpha value is -1.98. The second kappa shape index (κ2) is 8.46. The number of nitrogens with one attached hydrogen (secondary N) is 3. The highest BCUT2D eigenvalue weighted by molar-refractivity contribution is 5.86. The molecule has 1 unspecified atom stereocenters. The molecule has 0 radical (unpaired) electrons. The number of carbonyl (C=O) groups is 2. The van der Waals surface area contributed by atoms with Gasteiger partial charge in [0.05, 0.1) is 12.8 Å². The number of furan rings is 1. The molecule has 1 heterocycles. The first-order chi connectivity index (χ1) is 10.6. The van der Waals surface area contributed by atoms with Crippen molar-refractivity contribution in [1.29, 1.82) is 0 Å². The Morgan fingerprint density at radius 1 is 1.32 bits per heavy atom. The smallest absolute Gasteiger partial charge is 0.315 e. The van der Waals surface area contributed by atoms with Crippen LogP contribution >= 0.6 is 0 Å². The normalized spacial score (nSPS) is 16.2. The minimum atomic E-state index is -0.582. The van der Waals surface area contributed by atoms with E-state index in [1.165, 1.54) is 25.7 Å². The molecule has 3 amide bonds.